The fraction of sp³-hybridized carbons (Fsp3) is 0.346. The van der Waals surface area contributed by atoms with Gasteiger partial charge in [-0.1, -0.05) is 68.4 Å². The predicted octanol–water partition coefficient (Wildman–Crippen LogP) is 6.31. The number of hydrogen-bond donors (Lipinski definition) is 0. The molecule has 152 valence electrons. The molecule has 0 aliphatic rings. The number of nitrogens with zero attached hydrogens (tertiary/aromatic N) is 1. The minimum absolute atomic E-state index is 0.300. The van der Waals surface area contributed by atoms with E-state index >= 15 is 0 Å². The van der Waals surface area contributed by atoms with Gasteiger partial charge in [0.1, 0.15) is 0 Å². The van der Waals surface area contributed by atoms with E-state index in [1.807, 2.05) is 12.3 Å². The molecule has 3 aromatic rings. The Labute approximate surface area is 186 Å². The second-order valence-electron chi connectivity index (χ2n) is 9.92. The van der Waals surface area contributed by atoms with Gasteiger partial charge in [-0.25, -0.2) is 10.0 Å². The van der Waals surface area contributed by atoms with E-state index in [1.54, 1.807) is 0 Å². The molecular formula is C26H31B2NS. The quantitative estimate of drug-likeness (QED) is 0.459. The predicted molar refractivity (Wildman–Crippen MR) is 136 cm³/mol. The Balaban J connectivity index is 2.23. The number of rotatable bonds is 4. The molecule has 0 saturated heterocycles. The van der Waals surface area contributed by atoms with Crippen molar-refractivity contribution in [1.29, 1.82) is 0 Å². The second-order valence-corrected chi connectivity index (χ2v) is 14.0. The average molecular weight is 411 g/mol. The molecule has 0 fully saturated rings. The van der Waals surface area contributed by atoms with Crippen LogP contribution >= 0.6 is 10.0 Å². The first-order chi connectivity index (χ1) is 13.8. The summed E-state index contributed by atoms with van der Waals surface area (Å²) in [6, 6.07) is 19.1. The van der Waals surface area contributed by atoms with Crippen LogP contribution in [0.5, 0.6) is 0 Å². The van der Waals surface area contributed by atoms with E-state index in [9.17, 15) is 0 Å². The fourth-order valence-electron chi connectivity index (χ4n) is 3.51. The van der Waals surface area contributed by atoms with E-state index < -0.39 is 15.2 Å². The summed E-state index contributed by atoms with van der Waals surface area (Å²) in [4.78, 5) is 6.05. The molecule has 0 spiro atoms. The summed E-state index contributed by atoms with van der Waals surface area (Å²) in [6.45, 7) is 8.40. The van der Waals surface area contributed by atoms with Crippen LogP contribution in [0.4, 0.5) is 0 Å². The van der Waals surface area contributed by atoms with Gasteiger partial charge in [-0.05, 0) is 65.5 Å². The summed E-state index contributed by atoms with van der Waals surface area (Å²) in [6.07, 6.45) is 8.77. The number of aryl methyl sites for hydroxylation is 1. The molecule has 2 aromatic carbocycles. The van der Waals surface area contributed by atoms with Gasteiger partial charge in [0.05, 0.1) is 21.4 Å². The first kappa shape index (κ1) is 22.7. The number of benzene rings is 2. The van der Waals surface area contributed by atoms with Gasteiger partial charge in [0.2, 0.25) is 0 Å². The van der Waals surface area contributed by atoms with Gasteiger partial charge in [0.15, 0.2) is 0 Å². The van der Waals surface area contributed by atoms with Crippen molar-refractivity contribution in [2.75, 3.05) is 18.8 Å². The van der Waals surface area contributed by atoms with Crippen molar-refractivity contribution < 1.29 is 0 Å². The zero-order valence-corrected chi connectivity index (χ0v) is 20.1. The Morgan fingerprint density at radius 3 is 2.03 bits per heavy atom. The van der Waals surface area contributed by atoms with Crippen LogP contribution < -0.4 is 0 Å². The van der Waals surface area contributed by atoms with E-state index in [2.05, 4.69) is 95.0 Å². The van der Waals surface area contributed by atoms with E-state index in [1.165, 1.54) is 21.6 Å². The van der Waals surface area contributed by atoms with Crippen molar-refractivity contribution >= 4 is 25.7 Å². The Morgan fingerprint density at radius 2 is 1.47 bits per heavy atom. The smallest absolute Gasteiger partial charge is 0.0708 e. The summed E-state index contributed by atoms with van der Waals surface area (Å²) < 4.78 is 0. The highest BCUT2D eigenvalue weighted by Crippen LogP contribution is 2.52. The molecule has 0 bridgehead atoms. The third-order valence-corrected chi connectivity index (χ3v) is 7.48. The van der Waals surface area contributed by atoms with Crippen LogP contribution in [0.1, 0.15) is 31.9 Å². The summed E-state index contributed by atoms with van der Waals surface area (Å²) in [5, 5.41) is -0.967. The number of aromatic nitrogens is 1. The molecule has 0 aliphatic carbocycles. The maximum absolute atomic E-state index is 6.78. The van der Waals surface area contributed by atoms with Crippen LogP contribution in [0.3, 0.4) is 0 Å². The Hall–Kier alpha value is -1.93. The van der Waals surface area contributed by atoms with Crippen LogP contribution in [-0.2, 0) is 5.21 Å². The normalized spacial score (nSPS) is 13.3. The molecule has 0 amide bonds. The molecule has 4 radical (unpaired) electrons. The monoisotopic (exact) mass is 411 g/mol. The fourth-order valence-corrected chi connectivity index (χ4v) is 4.77. The van der Waals surface area contributed by atoms with Crippen molar-refractivity contribution in [3.05, 3.63) is 71.9 Å². The van der Waals surface area contributed by atoms with Crippen molar-refractivity contribution in [2.24, 2.45) is 5.41 Å². The molecule has 0 aliphatic heterocycles. The first-order valence-corrected chi connectivity index (χ1v) is 13.1. The Kier molecular flexibility index (Phi) is 6.04. The standard InChI is InChI=1S/C26H31B2NS/c1-18-13-14-20(19-11-9-8-10-12-19)15-21(18)23-16-22(26(27,28)25(2,3)4)24(17-29-23)30(5,6)7/h8-17H,1-7H3. The molecule has 1 aromatic heterocycles. The van der Waals surface area contributed by atoms with Gasteiger partial charge in [0, 0.05) is 16.7 Å². The molecule has 1 heterocycles. The lowest BCUT2D eigenvalue weighted by Crippen LogP contribution is -2.42. The molecule has 0 saturated carbocycles. The van der Waals surface area contributed by atoms with Crippen molar-refractivity contribution in [1.82, 2.24) is 4.98 Å². The summed E-state index contributed by atoms with van der Waals surface area (Å²) in [7, 11) is 12.5. The lowest BCUT2D eigenvalue weighted by atomic mass is 9.41. The minimum Gasteiger partial charge on any atom is -0.255 e. The topological polar surface area (TPSA) is 12.9 Å². The molecule has 0 atom stereocenters. The largest absolute Gasteiger partial charge is 0.255 e. The Morgan fingerprint density at radius 1 is 0.833 bits per heavy atom. The molecule has 3 rings (SSSR count). The SMILES string of the molecule is [B]C([B])(c1cc(-c2cc(-c3ccccc3)ccc2C)ncc1S(C)(C)C)C(C)(C)C. The van der Waals surface area contributed by atoms with Gasteiger partial charge < -0.3 is 0 Å². The van der Waals surface area contributed by atoms with Crippen LogP contribution in [0.15, 0.2) is 65.7 Å². The first-order valence-electron chi connectivity index (χ1n) is 10.3. The van der Waals surface area contributed by atoms with Gasteiger partial charge in [-0.15, -0.1) is 0 Å². The number of pyridine rings is 1. The molecule has 0 N–H and O–H groups in total. The van der Waals surface area contributed by atoms with E-state index in [-0.39, 0.29) is 5.41 Å². The molecule has 1 nitrogen and oxygen atoms in total. The lowest BCUT2D eigenvalue weighted by molar-refractivity contribution is 0.355. The van der Waals surface area contributed by atoms with E-state index in [0.717, 1.165) is 16.8 Å². The zero-order chi connectivity index (χ0) is 22.3. The van der Waals surface area contributed by atoms with Gasteiger partial charge in [-0.2, -0.15) is 0 Å². The van der Waals surface area contributed by atoms with Gasteiger partial charge in [-0.3, -0.25) is 4.98 Å². The number of hydrogen-bond acceptors (Lipinski definition) is 1. The minimum atomic E-state index is -1.06. The van der Waals surface area contributed by atoms with Gasteiger partial charge in [0.25, 0.3) is 0 Å². The second kappa shape index (κ2) is 7.96. The molecular weight excluding hydrogens is 380 g/mol. The highest BCUT2D eigenvalue weighted by molar-refractivity contribution is 8.32. The average Bonchev–Trinajstić information content (AvgIpc) is 2.67. The van der Waals surface area contributed by atoms with Crippen molar-refractivity contribution in [3.8, 4) is 22.4 Å². The highest BCUT2D eigenvalue weighted by Gasteiger charge is 2.36. The summed E-state index contributed by atoms with van der Waals surface area (Å²) >= 11 is 0. The third kappa shape index (κ3) is 4.39. The van der Waals surface area contributed by atoms with Gasteiger partial charge >= 0.3 is 0 Å². The zero-order valence-electron chi connectivity index (χ0n) is 19.3. The third-order valence-electron chi connectivity index (χ3n) is 5.83. The van der Waals surface area contributed by atoms with Crippen molar-refractivity contribution in [3.63, 3.8) is 0 Å². The highest BCUT2D eigenvalue weighted by atomic mass is 32.3. The van der Waals surface area contributed by atoms with Crippen LogP contribution in [0.2, 0.25) is 0 Å². The maximum Gasteiger partial charge on any atom is 0.0708 e. The van der Waals surface area contributed by atoms with Crippen LogP contribution in [-0.4, -0.2) is 39.4 Å². The van der Waals surface area contributed by atoms with Crippen molar-refractivity contribution in [2.45, 2.75) is 37.8 Å². The summed E-state index contributed by atoms with van der Waals surface area (Å²) in [5.74, 6) is 0. The summed E-state index contributed by atoms with van der Waals surface area (Å²) in [5.41, 5.74) is 6.26. The molecule has 4 heteroatoms. The lowest BCUT2D eigenvalue weighted by Gasteiger charge is -2.44. The maximum atomic E-state index is 6.78. The molecule has 30 heavy (non-hydrogen) atoms. The van der Waals surface area contributed by atoms with E-state index in [0.29, 0.717) is 0 Å². The van der Waals surface area contributed by atoms with Crippen LogP contribution in [0, 0.1) is 12.3 Å². The Bertz CT molecular complexity index is 1040. The molecule has 0 unspecified atom stereocenters. The van der Waals surface area contributed by atoms with E-state index in [4.69, 9.17) is 20.7 Å². The van der Waals surface area contributed by atoms with Crippen LogP contribution in [0.25, 0.3) is 22.4 Å².